The van der Waals surface area contributed by atoms with Crippen molar-refractivity contribution in [2.75, 3.05) is 7.05 Å². The molecular formula is C5H11ClN4S. The van der Waals surface area contributed by atoms with Crippen molar-refractivity contribution in [2.45, 2.75) is 6.92 Å². The first-order valence-corrected chi connectivity index (χ1v) is 3.66. The lowest BCUT2D eigenvalue weighted by atomic mass is 10.4. The molecule has 0 fully saturated rings. The lowest BCUT2D eigenvalue weighted by Gasteiger charge is -2.12. The van der Waals surface area contributed by atoms with Crippen molar-refractivity contribution < 1.29 is 0 Å². The van der Waals surface area contributed by atoms with Gasteiger partial charge in [0.25, 0.3) is 0 Å². The number of amidine groups is 1. The highest BCUT2D eigenvalue weighted by Crippen LogP contribution is 2.24. The molecule has 0 amide bonds. The predicted octanol–water partition coefficient (Wildman–Crippen LogP) is 0.674. The highest BCUT2D eigenvalue weighted by atomic mass is 35.5. The predicted molar refractivity (Wildman–Crippen MR) is 50.4 cm³/mol. The number of allylic oxidation sites excluding steroid dienone is 1. The SMILES string of the molecule is CC1=C(C(=N)N)N(C)NS1.Cl. The van der Waals surface area contributed by atoms with Gasteiger partial charge >= 0.3 is 0 Å². The number of hydrazine groups is 1. The molecule has 0 spiro atoms. The van der Waals surface area contributed by atoms with Gasteiger partial charge in [-0.1, -0.05) is 0 Å². The van der Waals surface area contributed by atoms with Gasteiger partial charge in [0.05, 0.1) is 0 Å². The van der Waals surface area contributed by atoms with Crippen molar-refractivity contribution in [2.24, 2.45) is 5.73 Å². The quantitative estimate of drug-likeness (QED) is 0.326. The fraction of sp³-hybridized carbons (Fsp3) is 0.400. The van der Waals surface area contributed by atoms with Gasteiger partial charge in [0.2, 0.25) is 0 Å². The highest BCUT2D eigenvalue weighted by molar-refractivity contribution is 8.01. The number of nitrogens with one attached hydrogen (secondary N) is 2. The maximum Gasteiger partial charge on any atom is 0.141 e. The van der Waals surface area contributed by atoms with E-state index in [0.717, 1.165) is 10.6 Å². The van der Waals surface area contributed by atoms with Crippen LogP contribution < -0.4 is 10.6 Å². The molecule has 1 aliphatic heterocycles. The number of rotatable bonds is 1. The molecule has 0 radical (unpaired) electrons. The summed E-state index contributed by atoms with van der Waals surface area (Å²) in [4.78, 5) is 3.99. The molecular weight excluding hydrogens is 184 g/mol. The Morgan fingerprint density at radius 2 is 2.27 bits per heavy atom. The van der Waals surface area contributed by atoms with Crippen LogP contribution in [0.2, 0.25) is 0 Å². The average Bonchev–Trinajstić information content (AvgIpc) is 2.11. The monoisotopic (exact) mass is 194 g/mol. The number of hydrogen-bond donors (Lipinski definition) is 3. The fourth-order valence-electron chi connectivity index (χ4n) is 0.837. The molecule has 4 N–H and O–H groups in total. The van der Waals surface area contributed by atoms with E-state index in [9.17, 15) is 0 Å². The van der Waals surface area contributed by atoms with Crippen LogP contribution in [-0.2, 0) is 0 Å². The first-order chi connectivity index (χ1) is 4.63. The Balaban J connectivity index is 0.000001000. The molecule has 0 aromatic rings. The molecule has 0 saturated carbocycles. The van der Waals surface area contributed by atoms with Gasteiger partial charge in [-0.3, -0.25) is 10.4 Å². The molecule has 0 saturated heterocycles. The zero-order valence-corrected chi connectivity index (χ0v) is 7.97. The van der Waals surface area contributed by atoms with E-state index in [4.69, 9.17) is 11.1 Å². The van der Waals surface area contributed by atoms with Crippen LogP contribution in [-0.4, -0.2) is 17.9 Å². The van der Waals surface area contributed by atoms with Crippen LogP contribution in [0.5, 0.6) is 0 Å². The third kappa shape index (κ3) is 2.02. The van der Waals surface area contributed by atoms with E-state index in [1.165, 1.54) is 11.9 Å². The summed E-state index contributed by atoms with van der Waals surface area (Å²) in [7, 11) is 1.83. The molecule has 1 aliphatic rings. The summed E-state index contributed by atoms with van der Waals surface area (Å²) in [5.74, 6) is 0.109. The Hall–Kier alpha value is -0.390. The molecule has 0 bridgehead atoms. The van der Waals surface area contributed by atoms with Crippen LogP contribution in [0.15, 0.2) is 10.6 Å². The van der Waals surface area contributed by atoms with Crippen molar-refractivity contribution in [1.29, 1.82) is 5.41 Å². The standard InChI is InChI=1S/C5H10N4S.ClH/c1-3-4(5(6)7)9(2)8-10-3;/h8H,1-2H3,(H3,6,7);1H. The molecule has 11 heavy (non-hydrogen) atoms. The Bertz CT molecular complexity index is 203. The smallest absolute Gasteiger partial charge is 0.141 e. The fourth-order valence-corrected chi connectivity index (χ4v) is 1.55. The summed E-state index contributed by atoms with van der Waals surface area (Å²) in [6.45, 7) is 1.93. The van der Waals surface area contributed by atoms with Gasteiger partial charge < -0.3 is 5.73 Å². The molecule has 0 aromatic carbocycles. The zero-order chi connectivity index (χ0) is 7.72. The minimum absolute atomic E-state index is 0. The summed E-state index contributed by atoms with van der Waals surface area (Å²) in [5.41, 5.74) is 6.08. The van der Waals surface area contributed by atoms with Crippen LogP contribution >= 0.6 is 24.4 Å². The van der Waals surface area contributed by atoms with Crippen LogP contribution in [0, 0.1) is 5.41 Å². The van der Waals surface area contributed by atoms with Gasteiger partial charge in [-0.05, 0) is 18.9 Å². The van der Waals surface area contributed by atoms with Crippen molar-refractivity contribution in [3.05, 3.63) is 10.6 Å². The number of hydrogen-bond acceptors (Lipinski definition) is 4. The zero-order valence-electron chi connectivity index (χ0n) is 6.34. The van der Waals surface area contributed by atoms with Crippen LogP contribution in [0.3, 0.4) is 0 Å². The number of nitrogens with zero attached hydrogens (tertiary/aromatic N) is 1. The van der Waals surface area contributed by atoms with E-state index >= 15 is 0 Å². The maximum atomic E-state index is 7.18. The Labute approximate surface area is 76.2 Å². The lowest BCUT2D eigenvalue weighted by Crippen LogP contribution is -2.30. The molecule has 0 unspecified atom stereocenters. The van der Waals surface area contributed by atoms with Gasteiger partial charge in [-0.2, -0.15) is 4.83 Å². The molecule has 64 valence electrons. The van der Waals surface area contributed by atoms with Gasteiger partial charge in [0, 0.05) is 12.0 Å². The number of nitrogens with two attached hydrogens (primary N) is 1. The Morgan fingerprint density at radius 1 is 1.73 bits per heavy atom. The van der Waals surface area contributed by atoms with Gasteiger partial charge in [0.15, 0.2) is 0 Å². The summed E-state index contributed by atoms with van der Waals surface area (Å²) in [6, 6.07) is 0. The average molecular weight is 195 g/mol. The normalized spacial score (nSPS) is 16.7. The van der Waals surface area contributed by atoms with E-state index in [1.54, 1.807) is 5.01 Å². The Morgan fingerprint density at radius 3 is 2.45 bits per heavy atom. The van der Waals surface area contributed by atoms with E-state index in [2.05, 4.69) is 4.83 Å². The van der Waals surface area contributed by atoms with Crippen LogP contribution in [0.25, 0.3) is 0 Å². The van der Waals surface area contributed by atoms with Crippen LogP contribution in [0.4, 0.5) is 0 Å². The second-order valence-corrected chi connectivity index (χ2v) is 3.07. The maximum absolute atomic E-state index is 7.18. The molecule has 1 heterocycles. The molecule has 0 aromatic heterocycles. The summed E-state index contributed by atoms with van der Waals surface area (Å²) in [5, 5.41) is 8.92. The minimum atomic E-state index is 0. The summed E-state index contributed by atoms with van der Waals surface area (Å²) in [6.07, 6.45) is 0. The molecule has 4 nitrogen and oxygen atoms in total. The van der Waals surface area contributed by atoms with Crippen molar-refractivity contribution in [1.82, 2.24) is 9.84 Å². The summed E-state index contributed by atoms with van der Waals surface area (Å²) >= 11 is 1.48. The first-order valence-electron chi connectivity index (χ1n) is 2.84. The minimum Gasteiger partial charge on any atom is -0.382 e. The van der Waals surface area contributed by atoms with Crippen LogP contribution in [0.1, 0.15) is 6.92 Å². The second kappa shape index (κ2) is 3.85. The molecule has 0 atom stereocenters. The van der Waals surface area contributed by atoms with Gasteiger partial charge in [0.1, 0.15) is 11.5 Å². The van der Waals surface area contributed by atoms with Crippen molar-refractivity contribution in [3.8, 4) is 0 Å². The van der Waals surface area contributed by atoms with E-state index in [0.29, 0.717) is 0 Å². The molecule has 1 rings (SSSR count). The van der Waals surface area contributed by atoms with E-state index in [-0.39, 0.29) is 18.2 Å². The third-order valence-electron chi connectivity index (χ3n) is 1.26. The Kier molecular flexibility index (Phi) is 3.71. The van der Waals surface area contributed by atoms with Crippen molar-refractivity contribution >= 4 is 30.2 Å². The number of halogens is 1. The van der Waals surface area contributed by atoms with Gasteiger partial charge in [-0.15, -0.1) is 12.4 Å². The largest absolute Gasteiger partial charge is 0.382 e. The lowest BCUT2D eigenvalue weighted by molar-refractivity contribution is 0.423. The highest BCUT2D eigenvalue weighted by Gasteiger charge is 2.18. The van der Waals surface area contributed by atoms with Crippen molar-refractivity contribution in [3.63, 3.8) is 0 Å². The first kappa shape index (κ1) is 10.6. The van der Waals surface area contributed by atoms with E-state index < -0.39 is 0 Å². The molecule has 0 aliphatic carbocycles. The third-order valence-corrected chi connectivity index (χ3v) is 2.12. The molecule has 6 heteroatoms. The topological polar surface area (TPSA) is 65.1 Å². The summed E-state index contributed by atoms with van der Waals surface area (Å²) < 4.78 is 0. The van der Waals surface area contributed by atoms with E-state index in [1.807, 2.05) is 14.0 Å². The second-order valence-electron chi connectivity index (χ2n) is 2.07. The van der Waals surface area contributed by atoms with Gasteiger partial charge in [-0.25, -0.2) is 0 Å². The number of likely N-dealkylation sites (N-methyl/N-ethyl adjacent to an activating group) is 1.